The van der Waals surface area contributed by atoms with Crippen LogP contribution in [0.3, 0.4) is 0 Å². The standard InChI is InChI=1S/C26H32N2O2/c1-25(29)13-18(8-9-19-6-4-12-27-24(19)25)16-28-21-10-11-22(28)15-26(14-21)23-7-3-2-5-20(23)17-30-26/h2-7,12,18,21-22,29H,8-11,13-17H2,1H3/t18-,21?,22?,25+,26?/m1/s1. The van der Waals surface area contributed by atoms with Crippen LogP contribution in [0, 0.1) is 5.92 Å². The number of ether oxygens (including phenoxy) is 1. The summed E-state index contributed by atoms with van der Waals surface area (Å²) >= 11 is 0. The van der Waals surface area contributed by atoms with Crippen molar-refractivity contribution < 1.29 is 9.84 Å². The fourth-order valence-corrected chi connectivity index (χ4v) is 7.02. The topological polar surface area (TPSA) is 45.6 Å². The average molecular weight is 405 g/mol. The summed E-state index contributed by atoms with van der Waals surface area (Å²) in [7, 11) is 0. The van der Waals surface area contributed by atoms with Gasteiger partial charge in [0, 0.05) is 24.8 Å². The van der Waals surface area contributed by atoms with Crippen LogP contribution in [0.1, 0.15) is 67.8 Å². The van der Waals surface area contributed by atoms with Crippen LogP contribution in [0.25, 0.3) is 0 Å². The molecule has 30 heavy (non-hydrogen) atoms. The second kappa shape index (κ2) is 6.88. The van der Waals surface area contributed by atoms with E-state index >= 15 is 0 Å². The van der Waals surface area contributed by atoms with Gasteiger partial charge in [-0.2, -0.15) is 0 Å². The lowest BCUT2D eigenvalue weighted by molar-refractivity contribution is -0.104. The number of benzene rings is 1. The van der Waals surface area contributed by atoms with Crippen LogP contribution in [-0.4, -0.2) is 33.6 Å². The third kappa shape index (κ3) is 2.96. The maximum absolute atomic E-state index is 11.2. The number of pyridine rings is 1. The lowest BCUT2D eigenvalue weighted by Gasteiger charge is -2.46. The lowest BCUT2D eigenvalue weighted by atomic mass is 9.79. The summed E-state index contributed by atoms with van der Waals surface area (Å²) in [5.74, 6) is 0.503. The fraction of sp³-hybridized carbons (Fsp3) is 0.577. The van der Waals surface area contributed by atoms with Gasteiger partial charge >= 0.3 is 0 Å². The molecule has 6 rings (SSSR count). The summed E-state index contributed by atoms with van der Waals surface area (Å²) < 4.78 is 6.49. The Morgan fingerprint density at radius 2 is 1.80 bits per heavy atom. The number of hydrogen-bond donors (Lipinski definition) is 1. The van der Waals surface area contributed by atoms with Gasteiger partial charge in [-0.1, -0.05) is 30.3 Å². The maximum Gasteiger partial charge on any atom is 0.104 e. The molecule has 1 spiro atoms. The number of aromatic nitrogens is 1. The molecule has 1 N–H and O–H groups in total. The first-order valence-corrected chi connectivity index (χ1v) is 11.7. The van der Waals surface area contributed by atoms with E-state index in [1.165, 1.54) is 29.5 Å². The molecule has 2 bridgehead atoms. The van der Waals surface area contributed by atoms with E-state index < -0.39 is 5.60 Å². The molecule has 4 aliphatic rings. The number of aryl methyl sites for hydroxylation is 1. The predicted molar refractivity (Wildman–Crippen MR) is 116 cm³/mol. The summed E-state index contributed by atoms with van der Waals surface area (Å²) in [4.78, 5) is 7.32. The molecule has 1 aromatic carbocycles. The Bertz CT molecular complexity index is 942. The van der Waals surface area contributed by atoms with E-state index in [1.54, 1.807) is 0 Å². The lowest BCUT2D eigenvalue weighted by Crippen LogP contribution is -2.51. The minimum absolute atomic E-state index is 0.0615. The second-order valence-corrected chi connectivity index (χ2v) is 10.3. The van der Waals surface area contributed by atoms with Crippen LogP contribution in [0.4, 0.5) is 0 Å². The number of rotatable bonds is 2. The van der Waals surface area contributed by atoms with Crippen LogP contribution in [-0.2, 0) is 29.0 Å². The molecule has 4 heteroatoms. The molecule has 0 saturated carbocycles. The van der Waals surface area contributed by atoms with Crippen molar-refractivity contribution in [2.45, 2.75) is 81.8 Å². The Kier molecular flexibility index (Phi) is 4.35. The zero-order chi connectivity index (χ0) is 20.3. The largest absolute Gasteiger partial charge is 0.384 e. The van der Waals surface area contributed by atoms with Crippen molar-refractivity contribution in [1.29, 1.82) is 0 Å². The molecular formula is C26H32N2O2. The molecule has 158 valence electrons. The SMILES string of the molecule is C[C@]1(O)C[C@H](CN2C3CCC2CC2(C3)OCc3ccccc32)CCc2cccnc21. The molecule has 4 atom stereocenters. The smallest absolute Gasteiger partial charge is 0.104 e. The van der Waals surface area contributed by atoms with Gasteiger partial charge in [0.1, 0.15) is 5.60 Å². The zero-order valence-electron chi connectivity index (χ0n) is 17.9. The third-order valence-electron chi connectivity index (χ3n) is 8.29. The predicted octanol–water partition coefficient (Wildman–Crippen LogP) is 4.29. The molecule has 2 aromatic rings. The van der Waals surface area contributed by atoms with E-state index in [0.29, 0.717) is 18.0 Å². The van der Waals surface area contributed by atoms with Gasteiger partial charge in [0.25, 0.3) is 0 Å². The van der Waals surface area contributed by atoms with E-state index in [9.17, 15) is 5.11 Å². The Hall–Kier alpha value is -1.75. The highest BCUT2D eigenvalue weighted by Gasteiger charge is 2.52. The van der Waals surface area contributed by atoms with Crippen molar-refractivity contribution in [1.82, 2.24) is 9.88 Å². The molecule has 2 fully saturated rings. The number of hydrogen-bond acceptors (Lipinski definition) is 4. The summed E-state index contributed by atoms with van der Waals surface area (Å²) in [6, 6.07) is 14.2. The van der Waals surface area contributed by atoms with Crippen LogP contribution in [0.15, 0.2) is 42.6 Å². The van der Waals surface area contributed by atoms with Gasteiger partial charge in [-0.05, 0) is 80.5 Å². The van der Waals surface area contributed by atoms with Gasteiger partial charge < -0.3 is 9.84 Å². The van der Waals surface area contributed by atoms with Gasteiger partial charge in [-0.3, -0.25) is 9.88 Å². The Morgan fingerprint density at radius 1 is 1.03 bits per heavy atom. The average Bonchev–Trinajstić information content (AvgIpc) is 3.15. The van der Waals surface area contributed by atoms with E-state index in [-0.39, 0.29) is 5.60 Å². The quantitative estimate of drug-likeness (QED) is 0.759. The van der Waals surface area contributed by atoms with E-state index in [0.717, 1.165) is 50.9 Å². The van der Waals surface area contributed by atoms with Crippen LogP contribution < -0.4 is 0 Å². The summed E-state index contributed by atoms with van der Waals surface area (Å²) in [5, 5.41) is 11.2. The number of piperidine rings is 1. The number of aliphatic hydroxyl groups is 1. The van der Waals surface area contributed by atoms with Crippen molar-refractivity contribution in [3.05, 3.63) is 65.0 Å². The number of fused-ring (bicyclic) bond motifs is 5. The summed E-state index contributed by atoms with van der Waals surface area (Å²) in [6.45, 7) is 3.82. The van der Waals surface area contributed by atoms with Crippen LogP contribution in [0.2, 0.25) is 0 Å². The minimum atomic E-state index is -0.832. The molecule has 0 radical (unpaired) electrons. The summed E-state index contributed by atoms with van der Waals surface area (Å²) in [5.41, 5.74) is 4.05. The van der Waals surface area contributed by atoms with Gasteiger partial charge in [-0.25, -0.2) is 0 Å². The van der Waals surface area contributed by atoms with E-state index in [4.69, 9.17) is 4.74 Å². The van der Waals surface area contributed by atoms with Gasteiger partial charge in [0.15, 0.2) is 0 Å². The van der Waals surface area contributed by atoms with E-state index in [1.807, 2.05) is 19.2 Å². The first-order chi connectivity index (χ1) is 14.5. The highest BCUT2D eigenvalue weighted by Crippen LogP contribution is 2.52. The van der Waals surface area contributed by atoms with Crippen molar-refractivity contribution in [3.63, 3.8) is 0 Å². The molecular weight excluding hydrogens is 372 g/mol. The minimum Gasteiger partial charge on any atom is -0.384 e. The first kappa shape index (κ1) is 19.0. The molecule has 1 aromatic heterocycles. The summed E-state index contributed by atoms with van der Waals surface area (Å²) in [6.07, 6.45) is 9.57. The molecule has 2 saturated heterocycles. The normalized spacial score (nSPS) is 37.7. The molecule has 1 aliphatic carbocycles. The second-order valence-electron chi connectivity index (χ2n) is 10.3. The van der Waals surface area contributed by atoms with Gasteiger partial charge in [0.05, 0.1) is 17.9 Å². The molecule has 2 unspecified atom stereocenters. The van der Waals surface area contributed by atoms with Crippen molar-refractivity contribution in [2.24, 2.45) is 5.92 Å². The van der Waals surface area contributed by atoms with Gasteiger partial charge in [-0.15, -0.1) is 0 Å². The Balaban J connectivity index is 1.21. The van der Waals surface area contributed by atoms with Crippen molar-refractivity contribution in [3.8, 4) is 0 Å². The highest BCUT2D eigenvalue weighted by molar-refractivity contribution is 5.37. The van der Waals surface area contributed by atoms with Gasteiger partial charge in [0.2, 0.25) is 0 Å². The Morgan fingerprint density at radius 3 is 2.63 bits per heavy atom. The number of nitrogens with zero attached hydrogens (tertiary/aromatic N) is 2. The van der Waals surface area contributed by atoms with Crippen LogP contribution >= 0.6 is 0 Å². The molecule has 3 aliphatic heterocycles. The third-order valence-corrected chi connectivity index (χ3v) is 8.29. The Labute approximate surface area is 179 Å². The maximum atomic E-state index is 11.2. The zero-order valence-corrected chi connectivity index (χ0v) is 17.9. The monoisotopic (exact) mass is 404 g/mol. The molecule has 4 heterocycles. The molecule has 4 nitrogen and oxygen atoms in total. The van der Waals surface area contributed by atoms with E-state index in [2.05, 4.69) is 40.2 Å². The molecule has 0 amide bonds. The van der Waals surface area contributed by atoms with Crippen LogP contribution in [0.5, 0.6) is 0 Å². The van der Waals surface area contributed by atoms with Crippen molar-refractivity contribution >= 4 is 0 Å². The first-order valence-electron chi connectivity index (χ1n) is 11.7. The van der Waals surface area contributed by atoms with Crippen molar-refractivity contribution in [2.75, 3.05) is 6.54 Å². The highest BCUT2D eigenvalue weighted by atomic mass is 16.5. The fourth-order valence-electron chi connectivity index (χ4n) is 7.02.